The van der Waals surface area contributed by atoms with E-state index in [0.29, 0.717) is 17.9 Å². The van der Waals surface area contributed by atoms with Crippen LogP contribution in [-0.4, -0.2) is 40.9 Å². The highest BCUT2D eigenvalue weighted by Crippen LogP contribution is 2.14. The summed E-state index contributed by atoms with van der Waals surface area (Å²) >= 11 is 0. The minimum Gasteiger partial charge on any atom is -0.480 e. The summed E-state index contributed by atoms with van der Waals surface area (Å²) in [6.45, 7) is -0.00463. The molecule has 0 spiro atoms. The molecule has 0 unspecified atom stereocenters. The predicted octanol–water partition coefficient (Wildman–Crippen LogP) is 1.04. The SMILES string of the molecule is NC1CCCCC1.NC[C@H](N)C(=O)O.O=Cc1ccc([N+](=O)[O-])cc1. The number of nitrogens with two attached hydrogens (primary N) is 3. The quantitative estimate of drug-likeness (QED) is 0.352. The van der Waals surface area contributed by atoms with Gasteiger partial charge in [0.1, 0.15) is 12.3 Å². The molecule has 0 bridgehead atoms. The van der Waals surface area contributed by atoms with Gasteiger partial charge in [-0.25, -0.2) is 0 Å². The summed E-state index contributed by atoms with van der Waals surface area (Å²) in [4.78, 5) is 29.5. The Morgan fingerprint density at radius 3 is 2.04 bits per heavy atom. The van der Waals surface area contributed by atoms with Gasteiger partial charge in [0.2, 0.25) is 0 Å². The van der Waals surface area contributed by atoms with Gasteiger partial charge in [-0.05, 0) is 25.0 Å². The van der Waals surface area contributed by atoms with Crippen molar-refractivity contribution in [3.63, 3.8) is 0 Å². The number of aldehydes is 1. The molecular formula is C16H26N4O5. The van der Waals surface area contributed by atoms with Gasteiger partial charge in [-0.15, -0.1) is 0 Å². The molecule has 0 heterocycles. The third-order valence-corrected chi connectivity index (χ3v) is 3.46. The van der Waals surface area contributed by atoms with Crippen molar-refractivity contribution >= 4 is 17.9 Å². The number of benzene rings is 1. The topological polar surface area (TPSA) is 176 Å². The van der Waals surface area contributed by atoms with Crippen molar-refractivity contribution < 1.29 is 19.6 Å². The molecule has 0 aromatic heterocycles. The lowest BCUT2D eigenvalue weighted by Gasteiger charge is -2.15. The fourth-order valence-corrected chi connectivity index (χ4v) is 1.91. The van der Waals surface area contributed by atoms with E-state index in [0.717, 1.165) is 0 Å². The monoisotopic (exact) mass is 354 g/mol. The number of hydrogen-bond donors (Lipinski definition) is 4. The van der Waals surface area contributed by atoms with Crippen LogP contribution < -0.4 is 17.2 Å². The Labute approximate surface area is 146 Å². The second kappa shape index (κ2) is 13.0. The maximum Gasteiger partial charge on any atom is 0.321 e. The van der Waals surface area contributed by atoms with Gasteiger partial charge in [-0.1, -0.05) is 19.3 Å². The molecule has 1 saturated carbocycles. The summed E-state index contributed by atoms with van der Waals surface area (Å²) in [7, 11) is 0. The number of hydrogen-bond acceptors (Lipinski definition) is 7. The average Bonchev–Trinajstić information content (AvgIpc) is 2.62. The Morgan fingerprint density at radius 2 is 1.80 bits per heavy atom. The number of carboxylic acid groups (broad SMARTS) is 1. The second-order valence-corrected chi connectivity index (χ2v) is 5.55. The van der Waals surface area contributed by atoms with Gasteiger partial charge in [0.05, 0.1) is 4.92 Å². The molecule has 1 atom stereocenters. The van der Waals surface area contributed by atoms with Crippen LogP contribution in [0.15, 0.2) is 24.3 Å². The molecule has 1 aromatic carbocycles. The molecule has 9 nitrogen and oxygen atoms in total. The first-order chi connectivity index (χ1) is 11.8. The molecule has 0 amide bonds. The van der Waals surface area contributed by atoms with Crippen molar-refractivity contribution in [3.8, 4) is 0 Å². The predicted molar refractivity (Wildman–Crippen MR) is 94.2 cm³/mol. The van der Waals surface area contributed by atoms with E-state index in [4.69, 9.17) is 22.3 Å². The van der Waals surface area contributed by atoms with Crippen LogP contribution in [0, 0.1) is 10.1 Å². The largest absolute Gasteiger partial charge is 0.480 e. The molecule has 0 radical (unpaired) electrons. The van der Waals surface area contributed by atoms with E-state index < -0.39 is 16.9 Å². The Bertz CT molecular complexity index is 530. The third-order valence-electron chi connectivity index (χ3n) is 3.46. The van der Waals surface area contributed by atoms with E-state index in [9.17, 15) is 19.7 Å². The van der Waals surface area contributed by atoms with Crippen molar-refractivity contribution in [3.05, 3.63) is 39.9 Å². The lowest BCUT2D eigenvalue weighted by Crippen LogP contribution is -2.37. The molecule has 1 aromatic rings. The molecule has 0 saturated heterocycles. The van der Waals surface area contributed by atoms with Gasteiger partial charge < -0.3 is 22.3 Å². The molecule has 7 N–H and O–H groups in total. The zero-order chi connectivity index (χ0) is 19.2. The van der Waals surface area contributed by atoms with Gasteiger partial charge in [0, 0.05) is 30.3 Å². The van der Waals surface area contributed by atoms with Crippen LogP contribution in [0.3, 0.4) is 0 Å². The summed E-state index contributed by atoms with van der Waals surface area (Å²) in [5, 5.41) is 18.1. The van der Waals surface area contributed by atoms with Crippen molar-refractivity contribution in [2.75, 3.05) is 6.54 Å². The first kappa shape index (κ1) is 22.6. The van der Waals surface area contributed by atoms with Crippen LogP contribution in [-0.2, 0) is 4.79 Å². The van der Waals surface area contributed by atoms with Crippen LogP contribution in [0.5, 0.6) is 0 Å². The molecule has 25 heavy (non-hydrogen) atoms. The van der Waals surface area contributed by atoms with Gasteiger partial charge in [-0.3, -0.25) is 19.7 Å². The molecule has 2 rings (SSSR count). The second-order valence-electron chi connectivity index (χ2n) is 5.55. The lowest BCUT2D eigenvalue weighted by molar-refractivity contribution is -0.384. The standard InChI is InChI=1S/C7H5NO3.C6H13N.C3H8N2O2/c9-5-6-1-3-7(4-2-6)8(10)11;7-6-4-2-1-3-5-6;4-1-2(5)3(6)7/h1-5H;6H,1-5,7H2;2H,1,4-5H2,(H,6,7)/t;;2-/m..0/s1. The Kier molecular flexibility index (Phi) is 11.8. The highest BCUT2D eigenvalue weighted by atomic mass is 16.6. The zero-order valence-corrected chi connectivity index (χ0v) is 14.0. The number of rotatable bonds is 4. The summed E-state index contributed by atoms with van der Waals surface area (Å²) in [5.74, 6) is -1.05. The summed E-state index contributed by atoms with van der Waals surface area (Å²) in [6, 6.07) is 5.04. The highest BCUT2D eigenvalue weighted by molar-refractivity contribution is 5.75. The molecule has 9 heteroatoms. The van der Waals surface area contributed by atoms with Crippen LogP contribution in [0.2, 0.25) is 0 Å². The van der Waals surface area contributed by atoms with E-state index >= 15 is 0 Å². The minimum atomic E-state index is -1.05. The van der Waals surface area contributed by atoms with Crippen molar-refractivity contribution in [2.24, 2.45) is 17.2 Å². The lowest BCUT2D eigenvalue weighted by atomic mass is 9.97. The van der Waals surface area contributed by atoms with Crippen molar-refractivity contribution in [1.82, 2.24) is 0 Å². The summed E-state index contributed by atoms with van der Waals surface area (Å²) in [6.07, 6.45) is 7.31. The molecular weight excluding hydrogens is 328 g/mol. The first-order valence-electron chi connectivity index (χ1n) is 7.95. The number of non-ortho nitro benzene ring substituents is 1. The number of carbonyl (C=O) groups excluding carboxylic acids is 1. The van der Waals surface area contributed by atoms with Crippen LogP contribution >= 0.6 is 0 Å². The number of nitro groups is 1. The number of carbonyl (C=O) groups is 2. The smallest absolute Gasteiger partial charge is 0.321 e. The molecule has 0 aliphatic heterocycles. The van der Waals surface area contributed by atoms with E-state index in [2.05, 4.69) is 0 Å². The van der Waals surface area contributed by atoms with Crippen LogP contribution in [0.1, 0.15) is 42.5 Å². The number of nitro benzene ring substituents is 1. The first-order valence-corrected chi connectivity index (χ1v) is 7.95. The van der Waals surface area contributed by atoms with Gasteiger partial charge in [-0.2, -0.15) is 0 Å². The zero-order valence-electron chi connectivity index (χ0n) is 14.0. The fourth-order valence-electron chi connectivity index (χ4n) is 1.91. The highest BCUT2D eigenvalue weighted by Gasteiger charge is 2.06. The van der Waals surface area contributed by atoms with Crippen molar-refractivity contribution in [1.29, 1.82) is 0 Å². The summed E-state index contributed by atoms with van der Waals surface area (Å²) in [5.41, 5.74) is 15.8. The minimum absolute atomic E-state index is 0.00407. The van der Waals surface area contributed by atoms with E-state index in [1.54, 1.807) is 0 Å². The fraction of sp³-hybridized carbons (Fsp3) is 0.500. The normalized spacial score (nSPS) is 14.8. The van der Waals surface area contributed by atoms with Gasteiger partial charge >= 0.3 is 5.97 Å². The van der Waals surface area contributed by atoms with E-state index in [-0.39, 0.29) is 12.2 Å². The van der Waals surface area contributed by atoms with E-state index in [1.165, 1.54) is 56.4 Å². The van der Waals surface area contributed by atoms with Gasteiger partial charge in [0.15, 0.2) is 0 Å². The van der Waals surface area contributed by atoms with Crippen molar-refractivity contribution in [2.45, 2.75) is 44.2 Å². The Morgan fingerprint density at radius 1 is 1.28 bits per heavy atom. The van der Waals surface area contributed by atoms with E-state index in [1.807, 2.05) is 0 Å². The molecule has 1 fully saturated rings. The number of nitrogens with zero attached hydrogens (tertiary/aromatic N) is 1. The molecule has 1 aliphatic carbocycles. The van der Waals surface area contributed by atoms with Crippen LogP contribution in [0.4, 0.5) is 5.69 Å². The average molecular weight is 354 g/mol. The number of aliphatic carboxylic acids is 1. The maximum atomic E-state index is 10.1. The third kappa shape index (κ3) is 10.9. The van der Waals surface area contributed by atoms with Gasteiger partial charge in [0.25, 0.3) is 5.69 Å². The Hall–Kier alpha value is -2.36. The Balaban J connectivity index is 0.000000362. The molecule has 140 valence electrons. The molecule has 1 aliphatic rings. The number of carboxylic acids is 1. The van der Waals surface area contributed by atoms with Crippen LogP contribution in [0.25, 0.3) is 0 Å². The maximum absolute atomic E-state index is 10.1. The summed E-state index contributed by atoms with van der Waals surface area (Å²) < 4.78 is 0.